The van der Waals surface area contributed by atoms with Crippen LogP contribution < -0.4 is 15.1 Å². The molecule has 1 unspecified atom stereocenters. The van der Waals surface area contributed by atoms with E-state index in [9.17, 15) is 4.79 Å². The van der Waals surface area contributed by atoms with Crippen molar-refractivity contribution in [3.05, 3.63) is 33.7 Å². The quantitative estimate of drug-likeness (QED) is 0.749. The Labute approximate surface area is 117 Å². The fourth-order valence-corrected chi connectivity index (χ4v) is 2.77. The zero-order valence-electron chi connectivity index (χ0n) is 12.4. The summed E-state index contributed by atoms with van der Waals surface area (Å²) in [4.78, 5) is 12.4. The van der Waals surface area contributed by atoms with Gasteiger partial charge in [-0.15, -0.1) is 0 Å². The molecule has 1 atom stereocenters. The predicted molar refractivity (Wildman–Crippen MR) is 76.9 cm³/mol. The molecule has 0 aliphatic carbocycles. The lowest BCUT2D eigenvalue weighted by Crippen LogP contribution is -2.32. The van der Waals surface area contributed by atoms with Gasteiger partial charge in [-0.2, -0.15) is 0 Å². The van der Waals surface area contributed by atoms with E-state index in [2.05, 4.69) is 0 Å². The third-order valence-electron chi connectivity index (χ3n) is 4.36. The summed E-state index contributed by atoms with van der Waals surface area (Å²) in [6, 6.07) is 3.75. The lowest BCUT2D eigenvalue weighted by atomic mass is 9.82. The van der Waals surface area contributed by atoms with Gasteiger partial charge in [-0.3, -0.25) is 0 Å². The highest BCUT2D eigenvalue weighted by Gasteiger charge is 2.43. The average Bonchev–Trinajstić information content (AvgIpc) is 2.61. The van der Waals surface area contributed by atoms with E-state index in [1.807, 2.05) is 33.8 Å². The normalized spacial score (nSPS) is 19.8. The van der Waals surface area contributed by atoms with E-state index >= 15 is 0 Å². The molecular formula is C16H18O4. The molecule has 1 aromatic carbocycles. The monoisotopic (exact) mass is 274 g/mol. The highest BCUT2D eigenvalue weighted by atomic mass is 16.5. The molecule has 0 amide bonds. The maximum atomic E-state index is 12.4. The van der Waals surface area contributed by atoms with Gasteiger partial charge in [-0.05, 0) is 25.5 Å². The second-order valence-electron chi connectivity index (χ2n) is 5.86. The van der Waals surface area contributed by atoms with Crippen LogP contribution in [-0.4, -0.2) is 13.2 Å². The summed E-state index contributed by atoms with van der Waals surface area (Å²) in [6.07, 6.45) is -0.0726. The maximum absolute atomic E-state index is 12.4. The minimum atomic E-state index is -0.361. The first-order valence-corrected chi connectivity index (χ1v) is 6.69. The number of rotatable bonds is 1. The smallest absolute Gasteiger partial charge is 0.344 e. The number of hydrogen-bond acceptors (Lipinski definition) is 4. The number of fused-ring (bicyclic) bond motifs is 3. The first kappa shape index (κ1) is 13.0. The van der Waals surface area contributed by atoms with Crippen LogP contribution in [0.3, 0.4) is 0 Å². The second-order valence-corrected chi connectivity index (χ2v) is 5.86. The van der Waals surface area contributed by atoms with E-state index in [1.54, 1.807) is 13.2 Å². The molecule has 4 nitrogen and oxygen atoms in total. The number of benzene rings is 1. The Morgan fingerprint density at radius 1 is 1.30 bits per heavy atom. The summed E-state index contributed by atoms with van der Waals surface area (Å²) < 4.78 is 16.8. The molecule has 2 aromatic rings. The van der Waals surface area contributed by atoms with Crippen molar-refractivity contribution in [1.29, 1.82) is 0 Å². The largest absolute Gasteiger partial charge is 0.493 e. The van der Waals surface area contributed by atoms with Crippen molar-refractivity contribution in [1.82, 2.24) is 0 Å². The van der Waals surface area contributed by atoms with E-state index in [4.69, 9.17) is 13.9 Å². The lowest BCUT2D eigenvalue weighted by molar-refractivity contribution is 0.187. The van der Waals surface area contributed by atoms with Crippen LogP contribution in [0.1, 0.15) is 31.9 Å². The molecule has 0 radical (unpaired) electrons. The van der Waals surface area contributed by atoms with Crippen LogP contribution >= 0.6 is 0 Å². The topological polar surface area (TPSA) is 48.7 Å². The lowest BCUT2D eigenvalue weighted by Gasteiger charge is -2.20. The third-order valence-corrected chi connectivity index (χ3v) is 4.36. The van der Waals surface area contributed by atoms with Gasteiger partial charge in [0.1, 0.15) is 11.9 Å². The Bertz CT molecular complexity index is 755. The van der Waals surface area contributed by atoms with Crippen LogP contribution in [0.15, 0.2) is 21.3 Å². The molecule has 0 N–H and O–H groups in total. The summed E-state index contributed by atoms with van der Waals surface area (Å²) >= 11 is 0. The SMILES string of the molecule is COc1ccc(C)c2c3c(c(=O)oc12)C(C)(C)C(C)O3. The summed E-state index contributed by atoms with van der Waals surface area (Å²) in [5.41, 5.74) is 1.38. The van der Waals surface area contributed by atoms with E-state index in [1.165, 1.54) is 0 Å². The Morgan fingerprint density at radius 2 is 2.00 bits per heavy atom. The summed E-state index contributed by atoms with van der Waals surface area (Å²) in [5.74, 6) is 1.19. The van der Waals surface area contributed by atoms with Gasteiger partial charge in [-0.1, -0.05) is 19.9 Å². The Morgan fingerprint density at radius 3 is 2.65 bits per heavy atom. The van der Waals surface area contributed by atoms with Crippen LogP contribution in [0.4, 0.5) is 0 Å². The highest BCUT2D eigenvalue weighted by molar-refractivity contribution is 5.92. The molecule has 3 rings (SSSR count). The first-order chi connectivity index (χ1) is 9.37. The number of methoxy groups -OCH3 is 1. The highest BCUT2D eigenvalue weighted by Crippen LogP contribution is 2.46. The van der Waals surface area contributed by atoms with Gasteiger partial charge in [-0.25, -0.2) is 4.79 Å². The van der Waals surface area contributed by atoms with E-state index in [0.717, 1.165) is 10.9 Å². The molecule has 0 spiro atoms. The van der Waals surface area contributed by atoms with Crippen molar-refractivity contribution in [2.45, 2.75) is 39.2 Å². The number of ether oxygens (including phenoxy) is 2. The average molecular weight is 274 g/mol. The van der Waals surface area contributed by atoms with Crippen molar-refractivity contribution in [2.75, 3.05) is 7.11 Å². The molecule has 0 saturated carbocycles. The molecule has 0 fully saturated rings. The molecule has 106 valence electrons. The Balaban J connectivity index is 2.50. The predicted octanol–water partition coefficient (Wildman–Crippen LogP) is 3.17. The zero-order chi connectivity index (χ0) is 14.7. The van der Waals surface area contributed by atoms with Crippen LogP contribution in [0.5, 0.6) is 11.5 Å². The molecule has 1 aromatic heterocycles. The molecular weight excluding hydrogens is 256 g/mol. The van der Waals surface area contributed by atoms with Gasteiger partial charge in [0.15, 0.2) is 11.3 Å². The van der Waals surface area contributed by atoms with Gasteiger partial charge >= 0.3 is 5.63 Å². The van der Waals surface area contributed by atoms with E-state index in [-0.39, 0.29) is 17.1 Å². The Hall–Kier alpha value is -1.97. The first-order valence-electron chi connectivity index (χ1n) is 6.69. The van der Waals surface area contributed by atoms with Gasteiger partial charge < -0.3 is 13.9 Å². The molecule has 1 aliphatic rings. The van der Waals surface area contributed by atoms with Crippen LogP contribution in [-0.2, 0) is 5.41 Å². The van der Waals surface area contributed by atoms with Crippen molar-refractivity contribution in [3.63, 3.8) is 0 Å². The standard InChI is InChI=1S/C16H18O4/c1-8-6-7-10(18-5)13-11(8)14-12(15(17)20-13)16(3,4)9(2)19-14/h6-7,9H,1-5H3. The van der Waals surface area contributed by atoms with E-state index in [0.29, 0.717) is 22.6 Å². The van der Waals surface area contributed by atoms with Crippen molar-refractivity contribution in [3.8, 4) is 11.5 Å². The maximum Gasteiger partial charge on any atom is 0.344 e. The van der Waals surface area contributed by atoms with Crippen molar-refractivity contribution in [2.24, 2.45) is 0 Å². The molecule has 2 heterocycles. The molecule has 4 heteroatoms. The van der Waals surface area contributed by atoms with Crippen molar-refractivity contribution >= 4 is 11.0 Å². The minimum absolute atomic E-state index is 0.0726. The number of hydrogen-bond donors (Lipinski definition) is 0. The number of aryl methyl sites for hydroxylation is 1. The van der Waals surface area contributed by atoms with Crippen molar-refractivity contribution < 1.29 is 13.9 Å². The van der Waals surface area contributed by atoms with Gasteiger partial charge in [0.05, 0.1) is 18.1 Å². The van der Waals surface area contributed by atoms with Gasteiger partial charge in [0.2, 0.25) is 0 Å². The fraction of sp³-hybridized carbons (Fsp3) is 0.438. The van der Waals surface area contributed by atoms with Crippen LogP contribution in [0.25, 0.3) is 11.0 Å². The third kappa shape index (κ3) is 1.51. The summed E-state index contributed by atoms with van der Waals surface area (Å²) in [7, 11) is 1.56. The Kier molecular flexibility index (Phi) is 2.61. The zero-order valence-corrected chi connectivity index (χ0v) is 12.4. The molecule has 1 aliphatic heterocycles. The summed E-state index contributed by atoms with van der Waals surface area (Å²) in [6.45, 7) is 7.95. The second kappa shape index (κ2) is 4.01. The van der Waals surface area contributed by atoms with E-state index < -0.39 is 0 Å². The van der Waals surface area contributed by atoms with Gasteiger partial charge in [0, 0.05) is 5.41 Å². The minimum Gasteiger partial charge on any atom is -0.493 e. The fourth-order valence-electron chi connectivity index (χ4n) is 2.77. The molecule has 0 saturated heterocycles. The van der Waals surface area contributed by atoms with Gasteiger partial charge in [0.25, 0.3) is 0 Å². The summed E-state index contributed by atoms with van der Waals surface area (Å²) in [5, 5.41) is 0.830. The van der Waals surface area contributed by atoms with Crippen LogP contribution in [0, 0.1) is 6.92 Å². The molecule has 20 heavy (non-hydrogen) atoms. The molecule has 0 bridgehead atoms. The van der Waals surface area contributed by atoms with Crippen LogP contribution in [0.2, 0.25) is 0 Å².